The Hall–Kier alpha value is -1.80. The molecule has 1 heterocycles. The van der Waals surface area contributed by atoms with Gasteiger partial charge in [0.2, 0.25) is 5.43 Å². The quantitative estimate of drug-likeness (QED) is 0.561. The summed E-state index contributed by atoms with van der Waals surface area (Å²) in [5, 5.41) is 1.73. The van der Waals surface area contributed by atoms with Crippen molar-refractivity contribution < 1.29 is 4.42 Å². The minimum atomic E-state index is -0.0158. The fraction of sp³-hybridized carbons (Fsp3) is 0.0714. The molecular formula is C14H9ClO2. The fourth-order valence-electron chi connectivity index (χ4n) is 1.93. The third kappa shape index (κ3) is 1.61. The monoisotopic (exact) mass is 244 g/mol. The van der Waals surface area contributed by atoms with Gasteiger partial charge in [-0.3, -0.25) is 4.79 Å². The standard InChI is InChI=1S/C14H9ClO2/c1-8-2-4-10-12(6-8)17-13-7-9(15)3-5-11(13)14(10)16/h2-7H,1H3. The first kappa shape index (κ1) is 10.4. The van der Waals surface area contributed by atoms with E-state index in [-0.39, 0.29) is 5.43 Å². The molecule has 0 saturated heterocycles. The zero-order valence-corrected chi connectivity index (χ0v) is 9.91. The van der Waals surface area contributed by atoms with Gasteiger partial charge >= 0.3 is 0 Å². The number of hydrogen-bond acceptors (Lipinski definition) is 2. The largest absolute Gasteiger partial charge is 0.456 e. The third-order valence-electron chi connectivity index (χ3n) is 2.79. The number of hydrogen-bond donors (Lipinski definition) is 0. The number of benzene rings is 2. The van der Waals surface area contributed by atoms with E-state index in [0.717, 1.165) is 5.56 Å². The Morgan fingerprint density at radius 2 is 1.65 bits per heavy atom. The molecule has 0 aliphatic carbocycles. The van der Waals surface area contributed by atoms with Crippen LogP contribution in [0.1, 0.15) is 5.56 Å². The van der Waals surface area contributed by atoms with Crippen LogP contribution in [-0.4, -0.2) is 0 Å². The van der Waals surface area contributed by atoms with Crippen LogP contribution >= 0.6 is 11.6 Å². The lowest BCUT2D eigenvalue weighted by Crippen LogP contribution is -2.01. The van der Waals surface area contributed by atoms with Crippen molar-refractivity contribution >= 4 is 33.5 Å². The van der Waals surface area contributed by atoms with Gasteiger partial charge in [0.25, 0.3) is 0 Å². The molecule has 0 radical (unpaired) electrons. The first-order valence-corrected chi connectivity index (χ1v) is 5.66. The zero-order chi connectivity index (χ0) is 12.0. The summed E-state index contributed by atoms with van der Waals surface area (Å²) in [5.74, 6) is 0. The van der Waals surface area contributed by atoms with Crippen LogP contribution in [0.25, 0.3) is 21.9 Å². The topological polar surface area (TPSA) is 30.2 Å². The van der Waals surface area contributed by atoms with Crippen molar-refractivity contribution in [2.24, 2.45) is 0 Å². The van der Waals surface area contributed by atoms with Crippen LogP contribution in [0, 0.1) is 6.92 Å². The molecule has 0 saturated carbocycles. The summed E-state index contributed by atoms with van der Waals surface area (Å²) in [6, 6.07) is 10.6. The van der Waals surface area contributed by atoms with E-state index in [0.29, 0.717) is 27.0 Å². The van der Waals surface area contributed by atoms with Crippen molar-refractivity contribution in [3.63, 3.8) is 0 Å². The second-order valence-corrected chi connectivity index (χ2v) is 4.51. The molecule has 84 valence electrons. The molecule has 0 fully saturated rings. The van der Waals surface area contributed by atoms with Gasteiger partial charge in [-0.2, -0.15) is 0 Å². The van der Waals surface area contributed by atoms with Crippen molar-refractivity contribution in [2.75, 3.05) is 0 Å². The maximum atomic E-state index is 12.2. The van der Waals surface area contributed by atoms with E-state index in [4.69, 9.17) is 16.0 Å². The highest BCUT2D eigenvalue weighted by molar-refractivity contribution is 6.31. The molecule has 0 amide bonds. The summed E-state index contributed by atoms with van der Waals surface area (Å²) in [6.07, 6.45) is 0. The third-order valence-corrected chi connectivity index (χ3v) is 3.03. The first-order valence-electron chi connectivity index (χ1n) is 5.28. The average molecular weight is 245 g/mol. The maximum absolute atomic E-state index is 12.2. The van der Waals surface area contributed by atoms with Crippen molar-refractivity contribution in [1.82, 2.24) is 0 Å². The van der Waals surface area contributed by atoms with Crippen molar-refractivity contribution in [2.45, 2.75) is 6.92 Å². The van der Waals surface area contributed by atoms with Crippen LogP contribution in [0.5, 0.6) is 0 Å². The van der Waals surface area contributed by atoms with E-state index >= 15 is 0 Å². The van der Waals surface area contributed by atoms with E-state index in [1.807, 2.05) is 19.1 Å². The molecule has 0 aliphatic rings. The predicted molar refractivity (Wildman–Crippen MR) is 69.7 cm³/mol. The lowest BCUT2D eigenvalue weighted by molar-refractivity contribution is 0.659. The molecule has 3 aromatic rings. The number of halogens is 1. The normalized spacial score (nSPS) is 11.2. The summed E-state index contributed by atoms with van der Waals surface area (Å²) >= 11 is 5.89. The molecule has 2 aromatic carbocycles. The minimum Gasteiger partial charge on any atom is -0.456 e. The van der Waals surface area contributed by atoms with Gasteiger partial charge in [0.05, 0.1) is 10.8 Å². The van der Waals surface area contributed by atoms with Crippen LogP contribution < -0.4 is 5.43 Å². The van der Waals surface area contributed by atoms with Crippen LogP contribution in [-0.2, 0) is 0 Å². The Labute approximate surface area is 102 Å². The summed E-state index contributed by atoms with van der Waals surface area (Å²) in [7, 11) is 0. The van der Waals surface area contributed by atoms with Crippen molar-refractivity contribution in [3.8, 4) is 0 Å². The van der Waals surface area contributed by atoms with Gasteiger partial charge in [0.15, 0.2) is 0 Å². The Balaban J connectivity index is 2.57. The molecule has 1 aromatic heterocycles. The number of rotatable bonds is 0. The van der Waals surface area contributed by atoms with Gasteiger partial charge in [-0.25, -0.2) is 0 Å². The van der Waals surface area contributed by atoms with Gasteiger partial charge in [-0.05, 0) is 36.8 Å². The fourth-order valence-corrected chi connectivity index (χ4v) is 2.10. The van der Waals surface area contributed by atoms with E-state index in [2.05, 4.69) is 0 Å². The molecule has 0 N–H and O–H groups in total. The summed E-state index contributed by atoms with van der Waals surface area (Å²) in [5.41, 5.74) is 2.17. The highest BCUT2D eigenvalue weighted by Crippen LogP contribution is 2.22. The molecule has 0 bridgehead atoms. The average Bonchev–Trinajstić information content (AvgIpc) is 2.28. The second-order valence-electron chi connectivity index (χ2n) is 4.07. The SMILES string of the molecule is Cc1ccc2c(=O)c3ccc(Cl)cc3oc2c1. The maximum Gasteiger partial charge on any atom is 0.200 e. The molecular weight excluding hydrogens is 236 g/mol. The first-order chi connectivity index (χ1) is 8.15. The molecule has 2 nitrogen and oxygen atoms in total. The zero-order valence-electron chi connectivity index (χ0n) is 9.16. The molecule has 3 rings (SSSR count). The van der Waals surface area contributed by atoms with E-state index in [1.165, 1.54) is 0 Å². The predicted octanol–water partition coefficient (Wildman–Crippen LogP) is 3.91. The van der Waals surface area contributed by atoms with Crippen LogP contribution in [0.15, 0.2) is 45.6 Å². The number of aryl methyl sites for hydroxylation is 1. The van der Waals surface area contributed by atoms with E-state index < -0.39 is 0 Å². The van der Waals surface area contributed by atoms with E-state index in [1.54, 1.807) is 24.3 Å². The van der Waals surface area contributed by atoms with Gasteiger partial charge in [0, 0.05) is 11.1 Å². The Kier molecular flexibility index (Phi) is 2.20. The van der Waals surface area contributed by atoms with Crippen LogP contribution in [0.3, 0.4) is 0 Å². The van der Waals surface area contributed by atoms with Crippen molar-refractivity contribution in [1.29, 1.82) is 0 Å². The minimum absolute atomic E-state index is 0.0158. The van der Waals surface area contributed by atoms with Gasteiger partial charge < -0.3 is 4.42 Å². The van der Waals surface area contributed by atoms with Gasteiger partial charge in [0.1, 0.15) is 11.2 Å². The lowest BCUT2D eigenvalue weighted by atomic mass is 10.1. The van der Waals surface area contributed by atoms with Crippen LogP contribution in [0.2, 0.25) is 5.02 Å². The summed E-state index contributed by atoms with van der Waals surface area (Å²) in [6.45, 7) is 1.96. The second kappa shape index (κ2) is 3.60. The molecule has 0 aliphatic heterocycles. The Bertz CT molecular complexity index is 724. The molecule has 0 atom stereocenters. The molecule has 0 spiro atoms. The van der Waals surface area contributed by atoms with Gasteiger partial charge in [-0.1, -0.05) is 17.7 Å². The molecule has 17 heavy (non-hydrogen) atoms. The lowest BCUT2D eigenvalue weighted by Gasteiger charge is -2.02. The summed E-state index contributed by atoms with van der Waals surface area (Å²) < 4.78 is 5.70. The Morgan fingerprint density at radius 3 is 2.41 bits per heavy atom. The van der Waals surface area contributed by atoms with Gasteiger partial charge in [-0.15, -0.1) is 0 Å². The van der Waals surface area contributed by atoms with E-state index in [9.17, 15) is 4.79 Å². The van der Waals surface area contributed by atoms with Crippen molar-refractivity contribution in [3.05, 3.63) is 57.2 Å². The number of fused-ring (bicyclic) bond motifs is 2. The highest BCUT2D eigenvalue weighted by atomic mass is 35.5. The highest BCUT2D eigenvalue weighted by Gasteiger charge is 2.07. The van der Waals surface area contributed by atoms with Crippen LogP contribution in [0.4, 0.5) is 0 Å². The summed E-state index contributed by atoms with van der Waals surface area (Å²) in [4.78, 5) is 12.2. The molecule has 0 unspecified atom stereocenters. The Morgan fingerprint density at radius 1 is 1.00 bits per heavy atom. The smallest absolute Gasteiger partial charge is 0.200 e. The molecule has 3 heteroatoms.